The molecule has 0 spiro atoms. The average molecular weight is 214 g/mol. The van der Waals surface area contributed by atoms with Gasteiger partial charge < -0.3 is 9.47 Å². The van der Waals surface area contributed by atoms with Gasteiger partial charge in [0.25, 0.3) is 0 Å². The molecule has 0 aromatic heterocycles. The highest BCUT2D eigenvalue weighted by Gasteiger charge is 2.30. The van der Waals surface area contributed by atoms with Crippen LogP contribution in [0, 0.1) is 0 Å². The molecule has 0 N–H and O–H groups in total. The van der Waals surface area contributed by atoms with Crippen molar-refractivity contribution in [2.75, 3.05) is 6.61 Å². The van der Waals surface area contributed by atoms with E-state index in [-0.39, 0.29) is 6.10 Å². The van der Waals surface area contributed by atoms with Crippen LogP contribution in [0.25, 0.3) is 0 Å². The molecule has 1 unspecified atom stereocenters. The minimum Gasteiger partial charge on any atom is -0.347 e. The Labute approximate surface area is 88.3 Å². The smallest absolute Gasteiger partial charge is 0.163 e. The molecule has 1 fully saturated rings. The molecule has 0 bridgehead atoms. The Hall–Kier alpha value is -0.123. The van der Waals surface area contributed by atoms with Crippen LogP contribution in [-0.4, -0.2) is 26.6 Å². The Morgan fingerprint density at radius 2 is 2.00 bits per heavy atom. The van der Waals surface area contributed by atoms with Crippen molar-refractivity contribution in [3.05, 3.63) is 12.2 Å². The van der Waals surface area contributed by atoms with Gasteiger partial charge in [-0.2, -0.15) is 0 Å². The second-order valence-electron chi connectivity index (χ2n) is 5.56. The molecule has 3 heteroatoms. The van der Waals surface area contributed by atoms with Gasteiger partial charge in [-0.1, -0.05) is 31.8 Å². The zero-order valence-electron chi connectivity index (χ0n) is 9.96. The third-order valence-electron chi connectivity index (χ3n) is 2.11. The largest absolute Gasteiger partial charge is 0.347 e. The topological polar surface area (TPSA) is 18.5 Å². The van der Waals surface area contributed by atoms with Crippen LogP contribution >= 0.6 is 0 Å². The predicted molar refractivity (Wildman–Crippen MR) is 62.2 cm³/mol. The van der Waals surface area contributed by atoms with Crippen LogP contribution in [-0.2, 0) is 9.47 Å². The van der Waals surface area contributed by atoms with Crippen molar-refractivity contribution in [2.24, 2.45) is 0 Å². The van der Waals surface area contributed by atoms with Crippen LogP contribution in [0.3, 0.4) is 0 Å². The predicted octanol–water partition coefficient (Wildman–Crippen LogP) is 3.03. The normalized spacial score (nSPS) is 27.4. The summed E-state index contributed by atoms with van der Waals surface area (Å²) in [4.78, 5) is 0. The molecule has 82 valence electrons. The minimum atomic E-state index is -0.948. The Morgan fingerprint density at radius 1 is 1.36 bits per heavy atom. The Balaban J connectivity index is 2.33. The van der Waals surface area contributed by atoms with Gasteiger partial charge in [-0.3, -0.25) is 0 Å². The molecule has 0 aromatic carbocycles. The lowest BCUT2D eigenvalue weighted by atomic mass is 10.3. The molecule has 0 radical (unpaired) electrons. The summed E-state index contributed by atoms with van der Waals surface area (Å²) >= 11 is 0. The molecule has 14 heavy (non-hydrogen) atoms. The van der Waals surface area contributed by atoms with Crippen LogP contribution in [0.1, 0.15) is 13.8 Å². The van der Waals surface area contributed by atoms with E-state index in [1.54, 1.807) is 0 Å². The molecule has 1 saturated heterocycles. The van der Waals surface area contributed by atoms with Crippen LogP contribution in [0.15, 0.2) is 12.2 Å². The van der Waals surface area contributed by atoms with E-state index >= 15 is 0 Å². The monoisotopic (exact) mass is 214 g/mol. The number of ether oxygens (including phenoxy) is 2. The van der Waals surface area contributed by atoms with Gasteiger partial charge in [-0.15, -0.1) is 0 Å². The maximum Gasteiger partial charge on any atom is 0.163 e. The van der Waals surface area contributed by atoms with E-state index in [1.807, 2.05) is 13.8 Å². The highest BCUT2D eigenvalue weighted by molar-refractivity contribution is 6.76. The van der Waals surface area contributed by atoms with Crippen molar-refractivity contribution in [3.63, 3.8) is 0 Å². The van der Waals surface area contributed by atoms with Crippen molar-refractivity contribution >= 4 is 8.07 Å². The number of rotatable bonds is 3. The van der Waals surface area contributed by atoms with E-state index in [4.69, 9.17) is 9.47 Å². The molecule has 1 atom stereocenters. The highest BCUT2D eigenvalue weighted by Crippen LogP contribution is 2.23. The van der Waals surface area contributed by atoms with Gasteiger partial charge in [0.15, 0.2) is 5.79 Å². The number of hydrogen-bond donors (Lipinski definition) is 0. The quantitative estimate of drug-likeness (QED) is 0.531. The molecule has 0 saturated carbocycles. The maximum atomic E-state index is 5.67. The van der Waals surface area contributed by atoms with Gasteiger partial charge in [-0.25, -0.2) is 0 Å². The van der Waals surface area contributed by atoms with Crippen molar-refractivity contribution in [1.82, 2.24) is 0 Å². The summed E-state index contributed by atoms with van der Waals surface area (Å²) in [6.45, 7) is 11.7. The summed E-state index contributed by atoms with van der Waals surface area (Å²) in [5.74, 6) is -0.395. The fourth-order valence-corrected chi connectivity index (χ4v) is 2.23. The summed E-state index contributed by atoms with van der Waals surface area (Å²) in [5, 5.41) is 0. The van der Waals surface area contributed by atoms with Gasteiger partial charge in [0.1, 0.15) is 6.10 Å². The van der Waals surface area contributed by atoms with E-state index in [2.05, 4.69) is 31.8 Å². The Kier molecular flexibility index (Phi) is 3.56. The van der Waals surface area contributed by atoms with Crippen molar-refractivity contribution in [3.8, 4) is 0 Å². The van der Waals surface area contributed by atoms with Gasteiger partial charge in [0.2, 0.25) is 0 Å². The minimum absolute atomic E-state index is 0.154. The molecule has 2 nitrogen and oxygen atoms in total. The molecule has 0 aromatic rings. The fourth-order valence-electron chi connectivity index (χ4n) is 1.38. The first kappa shape index (κ1) is 11.9. The molecule has 1 heterocycles. The third kappa shape index (κ3) is 4.40. The lowest BCUT2D eigenvalue weighted by Gasteiger charge is -2.16. The van der Waals surface area contributed by atoms with E-state index in [0.29, 0.717) is 6.61 Å². The number of allylic oxidation sites excluding steroid dienone is 1. The van der Waals surface area contributed by atoms with E-state index in [0.717, 1.165) is 0 Å². The molecule has 0 amide bonds. The molecular formula is C11H22O2Si. The van der Waals surface area contributed by atoms with E-state index in [9.17, 15) is 0 Å². The number of hydrogen-bond acceptors (Lipinski definition) is 2. The standard InChI is InChI=1S/C11H22O2Si/c1-11(2)12-9-10(13-11)7-6-8-14(3,4)5/h6-7,10H,8-9H2,1-5H3/b7-6+. The average Bonchev–Trinajstić information content (AvgIpc) is 2.27. The first-order chi connectivity index (χ1) is 6.29. The Morgan fingerprint density at radius 3 is 2.43 bits per heavy atom. The van der Waals surface area contributed by atoms with Crippen molar-refractivity contribution in [1.29, 1.82) is 0 Å². The first-order valence-electron chi connectivity index (χ1n) is 5.27. The van der Waals surface area contributed by atoms with Gasteiger partial charge in [0.05, 0.1) is 6.61 Å². The zero-order chi connectivity index (χ0) is 10.8. The van der Waals surface area contributed by atoms with Crippen molar-refractivity contribution in [2.45, 2.75) is 51.4 Å². The third-order valence-corrected chi connectivity index (χ3v) is 3.57. The van der Waals surface area contributed by atoms with Crippen LogP contribution < -0.4 is 0 Å². The summed E-state index contributed by atoms with van der Waals surface area (Å²) < 4.78 is 11.1. The second kappa shape index (κ2) is 4.17. The summed E-state index contributed by atoms with van der Waals surface area (Å²) in [5.41, 5.74) is 0. The van der Waals surface area contributed by atoms with Gasteiger partial charge in [0, 0.05) is 8.07 Å². The van der Waals surface area contributed by atoms with E-state index in [1.165, 1.54) is 6.04 Å². The second-order valence-corrected chi connectivity index (χ2v) is 11.1. The first-order valence-corrected chi connectivity index (χ1v) is 8.98. The summed E-state index contributed by atoms with van der Waals surface area (Å²) in [7, 11) is -0.948. The molecular weight excluding hydrogens is 192 g/mol. The van der Waals surface area contributed by atoms with Crippen LogP contribution in [0.5, 0.6) is 0 Å². The Bertz CT molecular complexity index is 216. The highest BCUT2D eigenvalue weighted by atomic mass is 28.3. The molecule has 1 aliphatic heterocycles. The lowest BCUT2D eigenvalue weighted by molar-refractivity contribution is -0.133. The van der Waals surface area contributed by atoms with E-state index < -0.39 is 13.9 Å². The molecule has 1 aliphatic rings. The summed E-state index contributed by atoms with van der Waals surface area (Å²) in [6, 6.07) is 1.22. The lowest BCUT2D eigenvalue weighted by Crippen LogP contribution is -2.21. The van der Waals surface area contributed by atoms with Gasteiger partial charge in [-0.05, 0) is 19.9 Å². The van der Waals surface area contributed by atoms with Crippen LogP contribution in [0.4, 0.5) is 0 Å². The van der Waals surface area contributed by atoms with Crippen molar-refractivity contribution < 1.29 is 9.47 Å². The molecule has 0 aliphatic carbocycles. The SMILES string of the molecule is CC1(C)OCC(/C=C/C[Si](C)(C)C)O1. The maximum absolute atomic E-state index is 5.67. The molecule has 1 rings (SSSR count). The van der Waals surface area contributed by atoms with Crippen LogP contribution in [0.2, 0.25) is 25.7 Å². The van der Waals surface area contributed by atoms with Gasteiger partial charge >= 0.3 is 0 Å². The summed E-state index contributed by atoms with van der Waals surface area (Å²) in [6.07, 6.45) is 4.55. The zero-order valence-corrected chi connectivity index (χ0v) is 11.0. The fraction of sp³-hybridized carbons (Fsp3) is 0.818.